The average molecular weight is 389 g/mol. The monoisotopic (exact) mass is 389 g/mol. The highest BCUT2D eigenvalue weighted by molar-refractivity contribution is 5.95. The molecule has 0 aliphatic carbocycles. The van der Waals surface area contributed by atoms with Gasteiger partial charge in [0.05, 0.1) is 11.3 Å². The van der Waals surface area contributed by atoms with Gasteiger partial charge >= 0.3 is 0 Å². The van der Waals surface area contributed by atoms with E-state index in [-0.39, 0.29) is 17.6 Å². The topological polar surface area (TPSA) is 66.1 Å². The number of Topliss-reactive ketones (excluding diaryl/α,β-unsaturated/α-hetero) is 1. The van der Waals surface area contributed by atoms with Crippen LogP contribution >= 0.6 is 0 Å². The number of nitrogens with one attached hydrogen (secondary N) is 1. The molecule has 0 radical (unpaired) electrons. The molecule has 5 nitrogen and oxygen atoms in total. The van der Waals surface area contributed by atoms with Crippen molar-refractivity contribution in [1.29, 1.82) is 0 Å². The first-order valence-corrected chi connectivity index (χ1v) is 10.4. The van der Waals surface area contributed by atoms with Gasteiger partial charge in [0.15, 0.2) is 0 Å². The molecule has 0 spiro atoms. The first-order chi connectivity index (χ1) is 14.0. The molecule has 1 aliphatic rings. The molecule has 1 aliphatic heterocycles. The van der Waals surface area contributed by atoms with Crippen molar-refractivity contribution in [3.05, 3.63) is 54.4 Å². The Morgan fingerprint density at radius 2 is 2.07 bits per heavy atom. The maximum Gasteiger partial charge on any atom is 0.255 e. The highest BCUT2D eigenvalue weighted by atomic mass is 16.2. The second-order valence-electron chi connectivity index (χ2n) is 8.37. The van der Waals surface area contributed by atoms with E-state index in [4.69, 9.17) is 0 Å². The number of aromatic nitrogens is 2. The first kappa shape index (κ1) is 19.4. The van der Waals surface area contributed by atoms with Crippen molar-refractivity contribution in [2.75, 3.05) is 13.1 Å². The number of carbonyl (C=O) groups is 2. The molecular weight excluding hydrogens is 362 g/mol. The first-order valence-electron chi connectivity index (χ1n) is 10.4. The van der Waals surface area contributed by atoms with Crippen LogP contribution in [0.4, 0.5) is 0 Å². The van der Waals surface area contributed by atoms with Crippen LogP contribution in [0.3, 0.4) is 0 Å². The smallest absolute Gasteiger partial charge is 0.255 e. The summed E-state index contributed by atoms with van der Waals surface area (Å²) in [7, 11) is 0. The number of nitrogens with zero attached hydrogens (tertiary/aromatic N) is 2. The second kappa shape index (κ2) is 8.19. The maximum atomic E-state index is 12.9. The molecule has 5 heteroatoms. The van der Waals surface area contributed by atoms with Gasteiger partial charge in [-0.05, 0) is 48.4 Å². The molecule has 29 heavy (non-hydrogen) atoms. The molecular formula is C24H27N3O2. The molecule has 1 fully saturated rings. The molecule has 150 valence electrons. The molecule has 4 rings (SSSR count). The Morgan fingerprint density at radius 3 is 2.83 bits per heavy atom. The number of fused-ring (bicyclic) bond motifs is 1. The van der Waals surface area contributed by atoms with Crippen LogP contribution in [0, 0.1) is 11.8 Å². The summed E-state index contributed by atoms with van der Waals surface area (Å²) in [5, 5.41) is 1.16. The molecule has 0 unspecified atom stereocenters. The number of pyridine rings is 1. The Hall–Kier alpha value is -2.95. The number of carbonyl (C=O) groups excluding carboxylic acids is 2. The van der Waals surface area contributed by atoms with Crippen LogP contribution in [0.1, 0.15) is 43.5 Å². The highest BCUT2D eigenvalue weighted by Crippen LogP contribution is 2.24. The van der Waals surface area contributed by atoms with Crippen LogP contribution in [0.5, 0.6) is 0 Å². The van der Waals surface area contributed by atoms with Gasteiger partial charge in [0.1, 0.15) is 5.78 Å². The minimum absolute atomic E-state index is 0.0325. The van der Waals surface area contributed by atoms with Crippen LogP contribution in [0.25, 0.3) is 22.2 Å². The van der Waals surface area contributed by atoms with E-state index in [9.17, 15) is 9.59 Å². The van der Waals surface area contributed by atoms with E-state index in [1.807, 2.05) is 35.4 Å². The van der Waals surface area contributed by atoms with E-state index in [1.165, 1.54) is 0 Å². The van der Waals surface area contributed by atoms with Gasteiger partial charge in [-0.25, -0.2) is 0 Å². The molecule has 1 N–H and O–H groups in total. The molecule has 1 saturated heterocycles. The minimum atomic E-state index is -0.0362. The van der Waals surface area contributed by atoms with Gasteiger partial charge in [-0.2, -0.15) is 0 Å². The zero-order chi connectivity index (χ0) is 20.4. The summed E-state index contributed by atoms with van der Waals surface area (Å²) in [4.78, 5) is 34.9. The van der Waals surface area contributed by atoms with E-state index in [1.54, 1.807) is 6.20 Å². The Morgan fingerprint density at radius 1 is 1.21 bits per heavy atom. The van der Waals surface area contributed by atoms with E-state index in [0.29, 0.717) is 31.0 Å². The third-order valence-electron chi connectivity index (χ3n) is 5.63. The Kier molecular flexibility index (Phi) is 5.47. The van der Waals surface area contributed by atoms with Crippen molar-refractivity contribution >= 4 is 22.6 Å². The third-order valence-corrected chi connectivity index (χ3v) is 5.63. The van der Waals surface area contributed by atoms with Crippen molar-refractivity contribution in [3.63, 3.8) is 0 Å². The average Bonchev–Trinajstić information content (AvgIpc) is 3.21. The maximum absolute atomic E-state index is 12.9. The highest BCUT2D eigenvalue weighted by Gasteiger charge is 2.29. The molecule has 2 aromatic heterocycles. The van der Waals surface area contributed by atoms with Crippen molar-refractivity contribution in [2.45, 2.75) is 33.1 Å². The van der Waals surface area contributed by atoms with E-state index in [2.05, 4.69) is 35.9 Å². The Labute approximate surface area is 171 Å². The summed E-state index contributed by atoms with van der Waals surface area (Å²) in [6, 6.07) is 11.9. The predicted octanol–water partition coefficient (Wildman–Crippen LogP) is 4.70. The van der Waals surface area contributed by atoms with Gasteiger partial charge < -0.3 is 9.88 Å². The number of benzene rings is 1. The van der Waals surface area contributed by atoms with Gasteiger partial charge in [0.25, 0.3) is 5.91 Å². The number of hydrogen-bond acceptors (Lipinski definition) is 3. The van der Waals surface area contributed by atoms with Crippen LogP contribution in [-0.2, 0) is 4.79 Å². The number of amides is 1. The lowest BCUT2D eigenvalue weighted by molar-refractivity contribution is -0.124. The summed E-state index contributed by atoms with van der Waals surface area (Å²) in [5.41, 5.74) is 3.49. The Bertz CT molecular complexity index is 1020. The van der Waals surface area contributed by atoms with Crippen LogP contribution in [-0.4, -0.2) is 39.6 Å². The normalized spacial score (nSPS) is 17.1. The van der Waals surface area contributed by atoms with Gasteiger partial charge in [-0.1, -0.05) is 26.0 Å². The second-order valence-corrected chi connectivity index (χ2v) is 8.37. The fraction of sp³-hybridized carbons (Fsp3) is 0.375. The standard InChI is InChI=1S/C24H27N3O2/c1-16(2)12-23(28)20-4-3-11-27(15-20)24(29)19-7-8-21(26-14-19)18-6-5-17-9-10-25-22(17)13-18/h5-10,13-14,16,20,25H,3-4,11-12,15H2,1-2H3/t20-/m0/s1. The van der Waals surface area contributed by atoms with Gasteiger partial charge in [0.2, 0.25) is 0 Å². The van der Waals surface area contributed by atoms with E-state index >= 15 is 0 Å². The lowest BCUT2D eigenvalue weighted by Gasteiger charge is -2.32. The van der Waals surface area contributed by atoms with Crippen molar-refractivity contribution in [1.82, 2.24) is 14.9 Å². The SMILES string of the molecule is CC(C)CC(=O)[C@H]1CCCN(C(=O)c2ccc(-c3ccc4cc[nH]c4c3)nc2)C1. The molecule has 0 saturated carbocycles. The van der Waals surface area contributed by atoms with Gasteiger partial charge in [0, 0.05) is 48.9 Å². The molecule has 1 atom stereocenters. The predicted molar refractivity (Wildman–Crippen MR) is 115 cm³/mol. The molecule has 3 aromatic rings. The number of hydrogen-bond donors (Lipinski definition) is 1. The summed E-state index contributed by atoms with van der Waals surface area (Å²) < 4.78 is 0. The fourth-order valence-electron chi connectivity index (χ4n) is 4.07. The third kappa shape index (κ3) is 4.24. The molecule has 0 bridgehead atoms. The van der Waals surface area contributed by atoms with Crippen LogP contribution < -0.4 is 0 Å². The van der Waals surface area contributed by atoms with Gasteiger partial charge in [-0.15, -0.1) is 0 Å². The zero-order valence-corrected chi connectivity index (χ0v) is 17.0. The summed E-state index contributed by atoms with van der Waals surface area (Å²) >= 11 is 0. The van der Waals surface area contributed by atoms with Crippen LogP contribution in [0.2, 0.25) is 0 Å². The largest absolute Gasteiger partial charge is 0.361 e. The van der Waals surface area contributed by atoms with Crippen molar-refractivity contribution in [3.8, 4) is 11.3 Å². The number of likely N-dealkylation sites (tertiary alicyclic amines) is 1. The van der Waals surface area contributed by atoms with E-state index in [0.717, 1.165) is 35.0 Å². The van der Waals surface area contributed by atoms with Gasteiger partial charge in [-0.3, -0.25) is 14.6 Å². The summed E-state index contributed by atoms with van der Waals surface area (Å²) in [5.74, 6) is 0.571. The quantitative estimate of drug-likeness (QED) is 0.688. The van der Waals surface area contributed by atoms with Crippen molar-refractivity contribution in [2.24, 2.45) is 11.8 Å². The lowest BCUT2D eigenvalue weighted by atomic mass is 9.89. The molecule has 3 heterocycles. The number of aromatic amines is 1. The molecule has 1 aromatic carbocycles. The Balaban J connectivity index is 1.46. The summed E-state index contributed by atoms with van der Waals surface area (Å²) in [6.07, 6.45) is 5.92. The lowest BCUT2D eigenvalue weighted by Crippen LogP contribution is -2.42. The number of rotatable bonds is 5. The number of piperidine rings is 1. The minimum Gasteiger partial charge on any atom is -0.361 e. The fourth-order valence-corrected chi connectivity index (χ4v) is 4.07. The number of H-pyrrole nitrogens is 1. The number of ketones is 1. The summed E-state index contributed by atoms with van der Waals surface area (Å²) in [6.45, 7) is 5.35. The van der Waals surface area contributed by atoms with Crippen molar-refractivity contribution < 1.29 is 9.59 Å². The zero-order valence-electron chi connectivity index (χ0n) is 17.0. The van der Waals surface area contributed by atoms with Crippen LogP contribution in [0.15, 0.2) is 48.8 Å². The van der Waals surface area contributed by atoms with E-state index < -0.39 is 0 Å². The molecule has 1 amide bonds.